The molecule has 1 heterocycles. The van der Waals surface area contributed by atoms with Crippen LogP contribution < -0.4 is 0 Å². The number of methoxy groups -OCH3 is 1. The quantitative estimate of drug-likeness (QED) is 0.623. The van der Waals surface area contributed by atoms with E-state index in [0.29, 0.717) is 32.4 Å². The second kappa shape index (κ2) is 6.98. The highest BCUT2D eigenvalue weighted by Crippen LogP contribution is 2.50. The van der Waals surface area contributed by atoms with Crippen molar-refractivity contribution in [2.24, 2.45) is 17.3 Å². The van der Waals surface area contributed by atoms with Gasteiger partial charge in [0.15, 0.2) is 0 Å². The maximum absolute atomic E-state index is 13.3. The first-order valence-corrected chi connectivity index (χ1v) is 8.90. The van der Waals surface area contributed by atoms with Crippen LogP contribution in [-0.4, -0.2) is 36.2 Å². The molecule has 0 bridgehead atoms. The fourth-order valence-corrected chi connectivity index (χ4v) is 4.47. The highest BCUT2D eigenvalue weighted by molar-refractivity contribution is 6.08. The van der Waals surface area contributed by atoms with Gasteiger partial charge in [-0.3, -0.25) is 14.4 Å². The van der Waals surface area contributed by atoms with E-state index in [4.69, 9.17) is 4.74 Å². The Labute approximate surface area is 148 Å². The number of ether oxygens (including phenoxy) is 1. The van der Waals surface area contributed by atoms with Crippen molar-refractivity contribution in [1.82, 2.24) is 4.90 Å². The maximum Gasteiger partial charge on any atom is 0.305 e. The summed E-state index contributed by atoms with van der Waals surface area (Å²) < 4.78 is 4.80. The van der Waals surface area contributed by atoms with Crippen LogP contribution in [0, 0.1) is 17.3 Å². The minimum atomic E-state index is -1.04. The van der Waals surface area contributed by atoms with Gasteiger partial charge in [0.25, 0.3) is 0 Å². The molecule has 3 atom stereocenters. The summed E-state index contributed by atoms with van der Waals surface area (Å²) in [6, 6.07) is 9.81. The lowest BCUT2D eigenvalue weighted by molar-refractivity contribution is -0.160. The molecule has 1 amide bonds. The van der Waals surface area contributed by atoms with Gasteiger partial charge in [-0.15, -0.1) is 0 Å². The molecule has 1 spiro atoms. The Balaban J connectivity index is 1.88. The van der Waals surface area contributed by atoms with Gasteiger partial charge < -0.3 is 9.64 Å². The van der Waals surface area contributed by atoms with Crippen molar-refractivity contribution in [3.63, 3.8) is 0 Å². The molecule has 2 fully saturated rings. The number of hydrogen-bond donors (Lipinski definition) is 0. The van der Waals surface area contributed by atoms with Crippen LogP contribution in [0.25, 0.3) is 0 Å². The Morgan fingerprint density at radius 2 is 2.00 bits per heavy atom. The number of nitrogens with zero attached hydrogens (tertiary/aromatic N) is 1. The van der Waals surface area contributed by atoms with Gasteiger partial charge in [-0.25, -0.2) is 0 Å². The average molecular weight is 343 g/mol. The van der Waals surface area contributed by atoms with Crippen LogP contribution in [0.4, 0.5) is 0 Å². The monoisotopic (exact) mass is 343 g/mol. The van der Waals surface area contributed by atoms with E-state index in [1.165, 1.54) is 7.11 Å². The Kier molecular flexibility index (Phi) is 4.93. The second-order valence-corrected chi connectivity index (χ2v) is 7.39. The van der Waals surface area contributed by atoms with Crippen LogP contribution >= 0.6 is 0 Å². The molecule has 1 aromatic carbocycles. The standard InChI is InChI=1S/C20H25NO4/c1-14-10-17(22)20(12-14)16(11-18(23)25-2)8-9-21(19(20)24)13-15-6-4-3-5-7-15/h3-7,14,16H,8-13H2,1-2H3/t14-,16+,20+/m0/s1. The number of likely N-dealkylation sites (tertiary alicyclic amines) is 1. The molecule has 0 unspecified atom stereocenters. The van der Waals surface area contributed by atoms with E-state index in [9.17, 15) is 14.4 Å². The van der Waals surface area contributed by atoms with Gasteiger partial charge in [0.2, 0.25) is 5.91 Å². The molecule has 1 saturated carbocycles. The van der Waals surface area contributed by atoms with E-state index < -0.39 is 5.41 Å². The number of benzene rings is 1. The third-order valence-electron chi connectivity index (χ3n) is 5.67. The van der Waals surface area contributed by atoms with Crippen LogP contribution in [0.3, 0.4) is 0 Å². The minimum Gasteiger partial charge on any atom is -0.469 e. The molecule has 3 rings (SSSR count). The Morgan fingerprint density at radius 3 is 2.60 bits per heavy atom. The molecule has 5 heteroatoms. The summed E-state index contributed by atoms with van der Waals surface area (Å²) in [5, 5.41) is 0. The largest absolute Gasteiger partial charge is 0.469 e. The predicted molar refractivity (Wildman–Crippen MR) is 92.4 cm³/mol. The molecule has 134 valence electrons. The van der Waals surface area contributed by atoms with E-state index in [1.54, 1.807) is 4.90 Å². The third-order valence-corrected chi connectivity index (χ3v) is 5.67. The van der Waals surface area contributed by atoms with Gasteiger partial charge in [0, 0.05) is 25.9 Å². The van der Waals surface area contributed by atoms with Crippen LogP contribution in [0.15, 0.2) is 30.3 Å². The fourth-order valence-electron chi connectivity index (χ4n) is 4.47. The van der Waals surface area contributed by atoms with Crippen molar-refractivity contribution >= 4 is 17.7 Å². The number of Topliss-reactive ketones (excluding diaryl/α,β-unsaturated/α-hetero) is 1. The number of ketones is 1. The Bertz CT molecular complexity index is 672. The zero-order chi connectivity index (χ0) is 18.0. The van der Waals surface area contributed by atoms with Crippen LogP contribution in [-0.2, 0) is 25.7 Å². The topological polar surface area (TPSA) is 63.7 Å². The number of hydrogen-bond acceptors (Lipinski definition) is 4. The second-order valence-electron chi connectivity index (χ2n) is 7.39. The number of esters is 1. The fraction of sp³-hybridized carbons (Fsp3) is 0.550. The summed E-state index contributed by atoms with van der Waals surface area (Å²) in [6.45, 7) is 3.08. The van der Waals surface area contributed by atoms with Gasteiger partial charge in [-0.05, 0) is 30.2 Å². The zero-order valence-electron chi connectivity index (χ0n) is 14.9. The molecule has 5 nitrogen and oxygen atoms in total. The molecule has 1 aliphatic carbocycles. The van der Waals surface area contributed by atoms with E-state index >= 15 is 0 Å². The summed E-state index contributed by atoms with van der Waals surface area (Å²) in [4.78, 5) is 39.8. The van der Waals surface area contributed by atoms with Crippen LogP contribution in [0.2, 0.25) is 0 Å². The van der Waals surface area contributed by atoms with Crippen LogP contribution in [0.1, 0.15) is 38.2 Å². The summed E-state index contributed by atoms with van der Waals surface area (Å²) in [6.07, 6.45) is 1.76. The third kappa shape index (κ3) is 3.20. The minimum absolute atomic E-state index is 0.00309. The lowest BCUT2D eigenvalue weighted by atomic mass is 9.66. The van der Waals surface area contributed by atoms with Crippen molar-refractivity contribution in [2.75, 3.05) is 13.7 Å². The molecular weight excluding hydrogens is 318 g/mol. The Morgan fingerprint density at radius 1 is 1.28 bits per heavy atom. The number of piperidine rings is 1. The number of carbonyl (C=O) groups excluding carboxylic acids is 3. The maximum atomic E-state index is 13.3. The lowest BCUT2D eigenvalue weighted by Gasteiger charge is -2.44. The van der Waals surface area contributed by atoms with Crippen molar-refractivity contribution in [3.8, 4) is 0 Å². The van der Waals surface area contributed by atoms with Crippen molar-refractivity contribution in [1.29, 1.82) is 0 Å². The molecule has 1 aromatic rings. The van der Waals surface area contributed by atoms with E-state index in [1.807, 2.05) is 37.3 Å². The van der Waals surface area contributed by atoms with Gasteiger partial charge in [0.1, 0.15) is 11.2 Å². The van der Waals surface area contributed by atoms with Crippen molar-refractivity contribution in [3.05, 3.63) is 35.9 Å². The number of carbonyl (C=O) groups is 3. The lowest BCUT2D eigenvalue weighted by Crippen LogP contribution is -2.55. The first-order chi connectivity index (χ1) is 12.0. The van der Waals surface area contributed by atoms with E-state index in [0.717, 1.165) is 5.56 Å². The number of amides is 1. The molecule has 1 aliphatic heterocycles. The molecule has 0 N–H and O–H groups in total. The van der Waals surface area contributed by atoms with Crippen molar-refractivity contribution in [2.45, 2.75) is 39.2 Å². The number of rotatable bonds is 4. The average Bonchev–Trinajstić information content (AvgIpc) is 2.90. The van der Waals surface area contributed by atoms with Crippen molar-refractivity contribution < 1.29 is 19.1 Å². The Hall–Kier alpha value is -2.17. The van der Waals surface area contributed by atoms with Gasteiger partial charge in [-0.1, -0.05) is 37.3 Å². The zero-order valence-corrected chi connectivity index (χ0v) is 14.9. The van der Waals surface area contributed by atoms with E-state index in [2.05, 4.69) is 0 Å². The van der Waals surface area contributed by atoms with Crippen LogP contribution in [0.5, 0.6) is 0 Å². The first kappa shape index (κ1) is 17.6. The van der Waals surface area contributed by atoms with Gasteiger partial charge >= 0.3 is 5.97 Å². The van der Waals surface area contributed by atoms with E-state index in [-0.39, 0.29) is 35.9 Å². The smallest absolute Gasteiger partial charge is 0.305 e. The molecule has 2 aliphatic rings. The predicted octanol–water partition coefficient (Wildman–Crippen LogP) is 2.58. The van der Waals surface area contributed by atoms with Gasteiger partial charge in [-0.2, -0.15) is 0 Å². The summed E-state index contributed by atoms with van der Waals surface area (Å²) in [5.41, 5.74) is 0.0107. The SMILES string of the molecule is COC(=O)C[C@H]1CCN(Cc2ccccc2)C(=O)[C@]12C[C@@H](C)CC2=O. The summed E-state index contributed by atoms with van der Waals surface area (Å²) in [7, 11) is 1.35. The summed E-state index contributed by atoms with van der Waals surface area (Å²) >= 11 is 0. The molecule has 0 aromatic heterocycles. The molecular formula is C20H25NO4. The highest BCUT2D eigenvalue weighted by Gasteiger charge is 2.59. The molecule has 1 saturated heterocycles. The molecule has 25 heavy (non-hydrogen) atoms. The van der Waals surface area contributed by atoms with Gasteiger partial charge in [0.05, 0.1) is 7.11 Å². The molecule has 0 radical (unpaired) electrons. The summed E-state index contributed by atoms with van der Waals surface area (Å²) in [5.74, 6) is -0.534. The highest BCUT2D eigenvalue weighted by atomic mass is 16.5. The first-order valence-electron chi connectivity index (χ1n) is 8.90. The normalized spacial score (nSPS) is 29.3.